The number of hydrogen-bond acceptors (Lipinski definition) is 4. The minimum Gasteiger partial charge on any atom is -0.657 e. The fourth-order valence-corrected chi connectivity index (χ4v) is 14.8. The molecule has 10 heterocycles. The van der Waals surface area contributed by atoms with Gasteiger partial charge in [-0.15, -0.1) is 44.1 Å². The average molecular weight is 1280 g/mol. The van der Waals surface area contributed by atoms with E-state index in [0.29, 0.717) is 0 Å². The van der Waals surface area contributed by atoms with Gasteiger partial charge in [0.15, 0.2) is 0 Å². The number of allylic oxidation sites excluding steroid dienone is 10. The molecule has 0 saturated heterocycles. The molecule has 90 heavy (non-hydrogen) atoms. The second-order valence-electron chi connectivity index (χ2n) is 23.1. The molecule has 10 rings (SSSR count). The Kier molecular flexibility index (Phi) is 23.1. The van der Waals surface area contributed by atoms with Crippen LogP contribution in [0.25, 0.3) is 101 Å². The van der Waals surface area contributed by atoms with E-state index in [1.807, 2.05) is 12.2 Å². The maximum absolute atomic E-state index is 5.62. The number of nitrogens with zero attached hydrogens (tertiary/aromatic N) is 8. The van der Waals surface area contributed by atoms with Crippen LogP contribution >= 0.6 is 0 Å². The molecular weight excluding hydrogens is 1190 g/mol. The molecule has 0 saturated carbocycles. The van der Waals surface area contributed by atoms with Crippen molar-refractivity contribution in [3.8, 4) is 23.7 Å². The van der Waals surface area contributed by atoms with Crippen molar-refractivity contribution in [1.82, 2.24) is 39.9 Å². The smallest absolute Gasteiger partial charge is 0.657 e. The number of aryl methyl sites for hydroxylation is 8. The molecule has 0 radical (unpaired) electrons. The summed E-state index contributed by atoms with van der Waals surface area (Å²) >= 11 is 0. The Labute approximate surface area is 557 Å². The fourth-order valence-electron chi connectivity index (χ4n) is 14.8. The van der Waals surface area contributed by atoms with Gasteiger partial charge in [0.25, 0.3) is 0 Å². The van der Waals surface area contributed by atoms with E-state index in [-0.39, 0.29) is 33.0 Å². The monoisotopic (exact) mass is 1280 g/mol. The quantitative estimate of drug-likeness (QED) is 0.0619. The van der Waals surface area contributed by atoms with Gasteiger partial charge in [-0.25, -0.2) is 19.9 Å². The maximum atomic E-state index is 5.62. The van der Waals surface area contributed by atoms with Crippen molar-refractivity contribution in [2.24, 2.45) is 0 Å². The Morgan fingerprint density at radius 2 is 0.500 bits per heavy atom. The number of aromatic nitrogens is 8. The Balaban J connectivity index is 0.00000523. The van der Waals surface area contributed by atoms with Crippen molar-refractivity contribution in [2.75, 3.05) is 0 Å². The number of rotatable bonds is 18. The molecule has 0 N–H and O–H groups in total. The van der Waals surface area contributed by atoms with Crippen LogP contribution in [-0.4, -0.2) is 19.9 Å². The van der Waals surface area contributed by atoms with E-state index in [2.05, 4.69) is 183 Å². The molecule has 0 spiro atoms. The second-order valence-corrected chi connectivity index (χ2v) is 23.1. The first kappa shape index (κ1) is 68.7. The van der Waals surface area contributed by atoms with Crippen LogP contribution in [0.1, 0.15) is 263 Å². The van der Waals surface area contributed by atoms with Crippen LogP contribution in [0.3, 0.4) is 0 Å². The van der Waals surface area contributed by atoms with E-state index in [1.165, 1.54) is 89.1 Å². The van der Waals surface area contributed by atoms with Gasteiger partial charge in [0.1, 0.15) is 0 Å². The summed E-state index contributed by atoms with van der Waals surface area (Å²) in [6, 6.07) is 13.5. The molecule has 0 atom stereocenters. The molecule has 0 unspecified atom stereocenters. The fraction of sp³-hybridized carbons (Fsp3) is 0.400. The molecule has 0 aromatic carbocycles. The first-order valence-corrected chi connectivity index (χ1v) is 33.6. The number of hydrogen-bond donors (Lipinski definition) is 0. The zero-order valence-electron chi connectivity index (χ0n) is 56.3. The molecule has 8 nitrogen and oxygen atoms in total. The summed E-state index contributed by atoms with van der Waals surface area (Å²) in [6.45, 7) is 36.0. The topological polar surface area (TPSA) is 108 Å². The van der Waals surface area contributed by atoms with Crippen LogP contribution in [0.2, 0.25) is 0 Å². The van der Waals surface area contributed by atoms with Gasteiger partial charge in [0.05, 0.1) is 45.6 Å². The van der Waals surface area contributed by atoms with Gasteiger partial charge in [-0.1, -0.05) is 204 Å². The minimum atomic E-state index is 0. The Bertz CT molecular complexity index is 4180. The van der Waals surface area contributed by atoms with Crippen molar-refractivity contribution in [3.05, 3.63) is 150 Å². The van der Waals surface area contributed by atoms with E-state index in [9.17, 15) is 0 Å². The summed E-state index contributed by atoms with van der Waals surface area (Å²) < 4.78 is 0. The number of fused-ring (bicyclic) bond motifs is 16. The van der Waals surface area contributed by atoms with Crippen molar-refractivity contribution in [2.45, 2.75) is 214 Å². The Hall–Kier alpha value is -7.21. The summed E-state index contributed by atoms with van der Waals surface area (Å²) in [4.78, 5) is 44.2. The molecule has 6 aromatic heterocycles. The summed E-state index contributed by atoms with van der Waals surface area (Å²) in [6.07, 6.45) is 21.9. The standard InChI is InChI=1S/C80H90N8.2Ni/c1-17-47-51(21-5)69-43-73-55(25-9)59(29-13)77(85-73)63(78-60(30-14)56(26-10)74(86-78)44-70-52(22-6)48(18-2)66(82-70)41-65(47)81-69)39-37-35-33-34-36-38-40-64-79-61(31-15)57(27-11)75(87-79)45-71-53(23-7)49(19-3)67(83-71)42-68-50(20-4)54(24-8)72(84-68)46-76-58(28-12)62(32-16)80(64)88-76;;/h37-46H,17-32H2,1-16H3;;/q-4;2*+2/b39-37+,40-38+,65-41?,66-41?,67-42?,68-42?,69-43?,70-44?,71-45?,72-46?,73-43?,74-44?,75-45?,76-46?,77-63?,78-63?,79-64?,80-64?;;. The van der Waals surface area contributed by atoms with Gasteiger partial charge in [0.2, 0.25) is 0 Å². The van der Waals surface area contributed by atoms with Crippen molar-refractivity contribution < 1.29 is 33.0 Å². The molecule has 10 heteroatoms. The van der Waals surface area contributed by atoms with Crippen LogP contribution in [0.15, 0.2) is 48.6 Å². The van der Waals surface area contributed by atoms with Crippen LogP contribution in [-0.2, 0) is 84.3 Å². The summed E-state index contributed by atoms with van der Waals surface area (Å²) in [5, 5.41) is 0. The van der Waals surface area contributed by atoms with Crippen molar-refractivity contribution in [1.29, 1.82) is 0 Å². The van der Waals surface area contributed by atoms with Crippen LogP contribution in [0.4, 0.5) is 0 Å². The van der Waals surface area contributed by atoms with E-state index in [0.717, 1.165) is 204 Å². The second kappa shape index (κ2) is 30.3. The molecular formula is C80H90N8Ni2. The normalized spacial score (nSPS) is 13.2. The molecule has 470 valence electrons. The molecule has 4 aliphatic heterocycles. The van der Waals surface area contributed by atoms with Crippen molar-refractivity contribution in [3.63, 3.8) is 0 Å². The van der Waals surface area contributed by atoms with E-state index in [1.54, 1.807) is 0 Å². The van der Waals surface area contributed by atoms with Gasteiger partial charge in [-0.05, 0) is 195 Å². The van der Waals surface area contributed by atoms with Crippen molar-refractivity contribution >= 4 is 101 Å². The molecule has 0 aliphatic carbocycles. The molecule has 4 aliphatic rings. The average Bonchev–Trinajstić information content (AvgIpc) is 1.85. The summed E-state index contributed by atoms with van der Waals surface area (Å²) in [5.74, 6) is 13.1. The first-order valence-electron chi connectivity index (χ1n) is 33.6. The van der Waals surface area contributed by atoms with E-state index >= 15 is 0 Å². The summed E-state index contributed by atoms with van der Waals surface area (Å²) in [7, 11) is 0. The molecule has 16 bridgehead atoms. The zero-order chi connectivity index (χ0) is 62.5. The Morgan fingerprint density at radius 1 is 0.278 bits per heavy atom. The Morgan fingerprint density at radius 3 is 0.744 bits per heavy atom. The van der Waals surface area contributed by atoms with Gasteiger partial charge in [-0.3, -0.25) is 0 Å². The summed E-state index contributed by atoms with van der Waals surface area (Å²) in [5.41, 5.74) is 38.0. The van der Waals surface area contributed by atoms with Gasteiger partial charge < -0.3 is 19.9 Å². The predicted octanol–water partition coefficient (Wildman–Crippen LogP) is 19.6. The van der Waals surface area contributed by atoms with Gasteiger partial charge in [0, 0.05) is 0 Å². The molecule has 6 aromatic rings. The third kappa shape index (κ3) is 12.4. The van der Waals surface area contributed by atoms with Gasteiger partial charge in [-0.2, -0.15) is 0 Å². The molecule has 0 fully saturated rings. The van der Waals surface area contributed by atoms with E-state index in [4.69, 9.17) is 39.9 Å². The minimum absolute atomic E-state index is 0. The maximum Gasteiger partial charge on any atom is 2.00 e. The van der Waals surface area contributed by atoms with Crippen LogP contribution in [0, 0.1) is 23.7 Å². The molecule has 0 amide bonds. The third-order valence-corrected chi connectivity index (χ3v) is 18.9. The predicted molar refractivity (Wildman–Crippen MR) is 376 cm³/mol. The largest absolute Gasteiger partial charge is 2.00 e. The zero-order valence-corrected chi connectivity index (χ0v) is 58.3. The SMILES string of the molecule is CCC1=C(CC)c2cc3[n-]c(c(/C=C/C#CC#C/C=C/c4c5nc(cc6[n-]c(cc7nc(cc8[n-]c4c(CC)c8CC)C(CC)=C7CC)c(CC)c6CC)C(CC)=C5CC)c4nc(cc5[n-]c(cc1n2)c(CC)c5CC)C(CC)=C4CC)c(CC)c3CC.[Ni+2].[Ni+2]. The van der Waals surface area contributed by atoms with Crippen LogP contribution in [0.5, 0.6) is 0 Å². The third-order valence-electron chi connectivity index (χ3n) is 18.9. The van der Waals surface area contributed by atoms with E-state index < -0.39 is 0 Å². The van der Waals surface area contributed by atoms with Gasteiger partial charge >= 0.3 is 33.0 Å². The first-order chi connectivity index (χ1) is 42.9. The van der Waals surface area contributed by atoms with Crippen LogP contribution < -0.4 is 19.9 Å².